The van der Waals surface area contributed by atoms with Gasteiger partial charge >= 0.3 is 0 Å². The van der Waals surface area contributed by atoms with Crippen molar-refractivity contribution in [3.63, 3.8) is 0 Å². The summed E-state index contributed by atoms with van der Waals surface area (Å²) in [5.74, 6) is -0.356. The molecule has 64 valence electrons. The van der Waals surface area contributed by atoms with E-state index in [0.29, 0.717) is 6.42 Å². The number of aliphatic hydroxyl groups is 3. The zero-order valence-electron chi connectivity index (χ0n) is 6.62. The molecule has 11 heavy (non-hydrogen) atoms. The van der Waals surface area contributed by atoms with E-state index in [1.165, 1.54) is 0 Å². The van der Waals surface area contributed by atoms with Crippen LogP contribution in [-0.4, -0.2) is 33.6 Å². The highest BCUT2D eigenvalue weighted by Gasteiger charge is 2.44. The summed E-state index contributed by atoms with van der Waals surface area (Å²) >= 11 is 0. The molecule has 0 aromatic heterocycles. The van der Waals surface area contributed by atoms with Crippen molar-refractivity contribution in [2.75, 3.05) is 6.61 Å². The van der Waals surface area contributed by atoms with Gasteiger partial charge in [-0.25, -0.2) is 0 Å². The summed E-state index contributed by atoms with van der Waals surface area (Å²) in [6.07, 6.45) is -0.501. The second kappa shape index (κ2) is 2.59. The molecule has 1 aliphatic carbocycles. The Hall–Kier alpha value is -0.380. The van der Waals surface area contributed by atoms with Crippen molar-refractivity contribution < 1.29 is 15.3 Å². The van der Waals surface area contributed by atoms with Crippen LogP contribution in [0.1, 0.15) is 13.3 Å². The monoisotopic (exact) mass is 158 g/mol. The van der Waals surface area contributed by atoms with Crippen molar-refractivity contribution in [2.45, 2.75) is 25.0 Å². The van der Waals surface area contributed by atoms with Gasteiger partial charge in [-0.3, -0.25) is 0 Å². The highest BCUT2D eigenvalue weighted by atomic mass is 16.3. The Bertz CT molecular complexity index is 174. The first-order valence-electron chi connectivity index (χ1n) is 3.68. The Kier molecular flexibility index (Phi) is 2.05. The van der Waals surface area contributed by atoms with Crippen LogP contribution in [0, 0.1) is 5.92 Å². The Morgan fingerprint density at radius 3 is 2.45 bits per heavy atom. The van der Waals surface area contributed by atoms with Crippen molar-refractivity contribution >= 4 is 0 Å². The molecule has 3 N–H and O–H groups in total. The first-order chi connectivity index (χ1) is 4.99. The lowest BCUT2D eigenvalue weighted by Gasteiger charge is -2.22. The molecule has 1 aliphatic rings. The van der Waals surface area contributed by atoms with E-state index in [-0.39, 0.29) is 12.5 Å². The molecule has 1 fully saturated rings. The Labute approximate surface area is 66.0 Å². The van der Waals surface area contributed by atoms with Gasteiger partial charge in [0.25, 0.3) is 0 Å². The molecule has 0 radical (unpaired) electrons. The summed E-state index contributed by atoms with van der Waals surface area (Å²) in [4.78, 5) is 0. The van der Waals surface area contributed by atoms with Gasteiger partial charge in [0.2, 0.25) is 0 Å². The average molecular weight is 158 g/mol. The smallest absolute Gasteiger partial charge is 0.0921 e. The second-order valence-electron chi connectivity index (χ2n) is 3.43. The fraction of sp³-hybridized carbons (Fsp3) is 0.750. The minimum absolute atomic E-state index is 0.143. The van der Waals surface area contributed by atoms with Crippen LogP contribution in [-0.2, 0) is 0 Å². The molecule has 0 aromatic carbocycles. The average Bonchev–Trinajstić information content (AvgIpc) is 2.04. The Morgan fingerprint density at radius 1 is 1.73 bits per heavy atom. The third-order valence-electron chi connectivity index (χ3n) is 2.32. The highest BCUT2D eigenvalue weighted by molar-refractivity contribution is 5.17. The topological polar surface area (TPSA) is 60.7 Å². The van der Waals surface area contributed by atoms with Crippen molar-refractivity contribution in [3.8, 4) is 0 Å². The summed E-state index contributed by atoms with van der Waals surface area (Å²) in [6.45, 7) is 5.08. The lowest BCUT2D eigenvalue weighted by atomic mass is 9.99. The van der Waals surface area contributed by atoms with E-state index in [9.17, 15) is 10.2 Å². The van der Waals surface area contributed by atoms with Crippen LogP contribution < -0.4 is 0 Å². The summed E-state index contributed by atoms with van der Waals surface area (Å²) in [7, 11) is 0. The fourth-order valence-corrected chi connectivity index (χ4v) is 1.58. The van der Waals surface area contributed by atoms with E-state index in [0.717, 1.165) is 5.57 Å². The van der Waals surface area contributed by atoms with Crippen LogP contribution in [0.4, 0.5) is 0 Å². The molecule has 1 saturated carbocycles. The first kappa shape index (κ1) is 8.71. The van der Waals surface area contributed by atoms with Gasteiger partial charge in [-0.2, -0.15) is 0 Å². The summed E-state index contributed by atoms with van der Waals surface area (Å²) < 4.78 is 0. The zero-order chi connectivity index (χ0) is 8.65. The number of hydrogen-bond acceptors (Lipinski definition) is 3. The maximum atomic E-state index is 9.51. The zero-order valence-corrected chi connectivity index (χ0v) is 6.62. The molecule has 3 atom stereocenters. The van der Waals surface area contributed by atoms with Gasteiger partial charge in [-0.15, -0.1) is 0 Å². The molecule has 1 rings (SSSR count). The SMILES string of the molecule is C=C1C[C@](C)(O)[C@H](O)[C@H]1CO. The van der Waals surface area contributed by atoms with Gasteiger partial charge in [0, 0.05) is 5.92 Å². The maximum Gasteiger partial charge on any atom is 0.0921 e. The molecule has 0 unspecified atom stereocenters. The van der Waals surface area contributed by atoms with Gasteiger partial charge in [0.1, 0.15) is 0 Å². The predicted molar refractivity (Wildman–Crippen MR) is 41.0 cm³/mol. The molecular weight excluding hydrogens is 144 g/mol. The highest BCUT2D eigenvalue weighted by Crippen LogP contribution is 2.37. The van der Waals surface area contributed by atoms with E-state index in [4.69, 9.17) is 5.11 Å². The molecule has 0 saturated heterocycles. The molecular formula is C8H14O3. The normalized spacial score (nSPS) is 44.9. The molecule has 0 bridgehead atoms. The Morgan fingerprint density at radius 2 is 2.27 bits per heavy atom. The van der Waals surface area contributed by atoms with Crippen LogP contribution in [0.5, 0.6) is 0 Å². The van der Waals surface area contributed by atoms with Gasteiger partial charge in [0.15, 0.2) is 0 Å². The lowest BCUT2D eigenvalue weighted by molar-refractivity contribution is -0.0604. The number of hydrogen-bond donors (Lipinski definition) is 3. The summed E-state index contributed by atoms with van der Waals surface area (Å²) in [5, 5.41) is 27.7. The predicted octanol–water partition coefficient (Wildman–Crippen LogP) is -0.333. The first-order valence-corrected chi connectivity index (χ1v) is 3.68. The molecule has 0 heterocycles. The van der Waals surface area contributed by atoms with Crippen molar-refractivity contribution in [3.05, 3.63) is 12.2 Å². The van der Waals surface area contributed by atoms with Gasteiger partial charge in [-0.05, 0) is 13.3 Å². The van der Waals surface area contributed by atoms with Crippen molar-refractivity contribution in [1.82, 2.24) is 0 Å². The maximum absolute atomic E-state index is 9.51. The molecule has 0 amide bonds. The van der Waals surface area contributed by atoms with Crippen LogP contribution in [0.3, 0.4) is 0 Å². The molecule has 0 spiro atoms. The van der Waals surface area contributed by atoms with Crippen molar-refractivity contribution in [1.29, 1.82) is 0 Å². The minimum Gasteiger partial charge on any atom is -0.396 e. The van der Waals surface area contributed by atoms with Crippen LogP contribution in [0.15, 0.2) is 12.2 Å². The molecule has 0 aliphatic heterocycles. The van der Waals surface area contributed by atoms with E-state index >= 15 is 0 Å². The standard InChI is InChI=1S/C8H14O3/c1-5-3-8(2,11)7(10)6(5)4-9/h6-7,9-11H,1,3-4H2,2H3/t6-,7+,8-/m0/s1. The molecule has 3 nitrogen and oxygen atoms in total. The van der Waals surface area contributed by atoms with E-state index in [1.807, 2.05) is 0 Å². The summed E-state index contributed by atoms with van der Waals surface area (Å²) in [5.41, 5.74) is -0.380. The van der Waals surface area contributed by atoms with E-state index < -0.39 is 11.7 Å². The van der Waals surface area contributed by atoms with Crippen LogP contribution >= 0.6 is 0 Å². The Balaban J connectivity index is 2.79. The number of aliphatic hydroxyl groups excluding tert-OH is 2. The van der Waals surface area contributed by atoms with Crippen LogP contribution in [0.25, 0.3) is 0 Å². The van der Waals surface area contributed by atoms with Crippen LogP contribution in [0.2, 0.25) is 0 Å². The molecule has 0 aromatic rings. The largest absolute Gasteiger partial charge is 0.396 e. The van der Waals surface area contributed by atoms with Crippen molar-refractivity contribution in [2.24, 2.45) is 5.92 Å². The number of rotatable bonds is 1. The third-order valence-corrected chi connectivity index (χ3v) is 2.32. The van der Waals surface area contributed by atoms with E-state index in [1.54, 1.807) is 6.92 Å². The molecule has 3 heteroatoms. The summed E-state index contributed by atoms with van der Waals surface area (Å²) in [6, 6.07) is 0. The van der Waals surface area contributed by atoms with E-state index in [2.05, 4.69) is 6.58 Å². The van der Waals surface area contributed by atoms with Gasteiger partial charge in [0.05, 0.1) is 18.3 Å². The quantitative estimate of drug-likeness (QED) is 0.458. The van der Waals surface area contributed by atoms with Gasteiger partial charge < -0.3 is 15.3 Å². The fourth-order valence-electron chi connectivity index (χ4n) is 1.58. The minimum atomic E-state index is -1.11. The lowest BCUT2D eigenvalue weighted by Crippen LogP contribution is -2.37. The third kappa shape index (κ3) is 1.31. The second-order valence-corrected chi connectivity index (χ2v) is 3.43. The van der Waals surface area contributed by atoms with Gasteiger partial charge in [-0.1, -0.05) is 12.2 Å².